The van der Waals surface area contributed by atoms with Crippen LogP contribution in [0.1, 0.15) is 76.8 Å². The van der Waals surface area contributed by atoms with Crippen LogP contribution in [-0.4, -0.2) is 17.1 Å². The molecule has 1 heterocycles. The van der Waals surface area contributed by atoms with Gasteiger partial charge < -0.3 is 4.98 Å². The lowest BCUT2D eigenvalue weighted by Gasteiger charge is -2.02. The number of carbonyl (C=O) groups excluding carboxylic acids is 1. The lowest BCUT2D eigenvalue weighted by Crippen LogP contribution is -2.16. The van der Waals surface area contributed by atoms with Crippen molar-refractivity contribution in [2.75, 3.05) is 0 Å². The molecule has 4 nitrogen and oxygen atoms in total. The van der Waals surface area contributed by atoms with Crippen molar-refractivity contribution in [2.24, 2.45) is 5.10 Å². The van der Waals surface area contributed by atoms with Gasteiger partial charge in [0.25, 0.3) is 0 Å². The lowest BCUT2D eigenvalue weighted by molar-refractivity contribution is -0.121. The zero-order valence-electron chi connectivity index (χ0n) is 13.2. The van der Waals surface area contributed by atoms with E-state index in [2.05, 4.69) is 22.4 Å². The fourth-order valence-corrected chi connectivity index (χ4v) is 2.25. The van der Waals surface area contributed by atoms with Crippen LogP contribution in [0.15, 0.2) is 23.4 Å². The summed E-state index contributed by atoms with van der Waals surface area (Å²) in [5.74, 6) is 0.000696. The van der Waals surface area contributed by atoms with Gasteiger partial charge in [-0.25, -0.2) is 5.43 Å². The molecule has 1 aromatic rings. The van der Waals surface area contributed by atoms with Gasteiger partial charge in [0, 0.05) is 12.6 Å². The number of H-pyrrole nitrogens is 1. The molecular formula is C17H29N3O. The van der Waals surface area contributed by atoms with Gasteiger partial charge in [0.15, 0.2) is 0 Å². The molecule has 4 heteroatoms. The molecule has 0 atom stereocenters. The minimum atomic E-state index is 0.000696. The fourth-order valence-electron chi connectivity index (χ4n) is 2.25. The Morgan fingerprint density at radius 1 is 1.14 bits per heavy atom. The summed E-state index contributed by atoms with van der Waals surface area (Å²) in [6.45, 7) is 2.24. The number of carbonyl (C=O) groups is 1. The molecule has 0 saturated carbocycles. The van der Waals surface area contributed by atoms with Crippen molar-refractivity contribution in [3.8, 4) is 0 Å². The number of aromatic nitrogens is 1. The molecule has 118 valence electrons. The summed E-state index contributed by atoms with van der Waals surface area (Å²) in [5, 5.41) is 3.91. The number of nitrogens with one attached hydrogen (secondary N) is 2. The first-order valence-corrected chi connectivity index (χ1v) is 8.28. The number of hydrogen-bond donors (Lipinski definition) is 2. The topological polar surface area (TPSA) is 57.2 Å². The monoisotopic (exact) mass is 291 g/mol. The van der Waals surface area contributed by atoms with Crippen molar-refractivity contribution in [3.63, 3.8) is 0 Å². The molecule has 0 radical (unpaired) electrons. The maximum Gasteiger partial charge on any atom is 0.240 e. The third-order valence-corrected chi connectivity index (χ3v) is 3.52. The summed E-state index contributed by atoms with van der Waals surface area (Å²) in [7, 11) is 0. The van der Waals surface area contributed by atoms with E-state index in [1.165, 1.54) is 44.9 Å². The molecule has 1 amide bonds. The number of hydrogen-bond acceptors (Lipinski definition) is 2. The Balaban J connectivity index is 1.89. The standard InChI is InChI=1S/C17H29N3O/c1-2-3-4-5-6-7-8-9-10-13-17(21)20-19-15-16-12-11-14-18-16/h11-12,14-15,18H,2-10,13H2,1H3,(H,20,21)/b19-15+. The van der Waals surface area contributed by atoms with Crippen molar-refractivity contribution in [1.82, 2.24) is 10.4 Å². The first-order chi connectivity index (χ1) is 10.3. The summed E-state index contributed by atoms with van der Waals surface area (Å²) >= 11 is 0. The second-order valence-electron chi connectivity index (χ2n) is 5.50. The van der Waals surface area contributed by atoms with Gasteiger partial charge >= 0.3 is 0 Å². The van der Waals surface area contributed by atoms with E-state index < -0.39 is 0 Å². The fraction of sp³-hybridized carbons (Fsp3) is 0.647. The van der Waals surface area contributed by atoms with Crippen molar-refractivity contribution in [2.45, 2.75) is 71.1 Å². The zero-order valence-corrected chi connectivity index (χ0v) is 13.2. The number of nitrogens with zero attached hydrogens (tertiary/aromatic N) is 1. The van der Waals surface area contributed by atoms with Crippen LogP contribution in [0.5, 0.6) is 0 Å². The Hall–Kier alpha value is -1.58. The van der Waals surface area contributed by atoms with Crippen molar-refractivity contribution in [3.05, 3.63) is 24.0 Å². The van der Waals surface area contributed by atoms with E-state index in [-0.39, 0.29) is 5.91 Å². The highest BCUT2D eigenvalue weighted by molar-refractivity contribution is 5.80. The molecule has 2 N–H and O–H groups in total. The Labute approximate surface area is 128 Å². The van der Waals surface area contributed by atoms with E-state index in [0.717, 1.165) is 18.5 Å². The van der Waals surface area contributed by atoms with Crippen LogP contribution in [0, 0.1) is 0 Å². The minimum Gasteiger partial charge on any atom is -0.360 e. The van der Waals surface area contributed by atoms with Crippen LogP contribution >= 0.6 is 0 Å². The summed E-state index contributed by atoms with van der Waals surface area (Å²) in [6, 6.07) is 3.79. The molecule has 0 saturated heterocycles. The second kappa shape index (κ2) is 12.2. The molecule has 1 rings (SSSR count). The average molecular weight is 291 g/mol. The maximum absolute atomic E-state index is 11.5. The molecule has 0 fully saturated rings. The average Bonchev–Trinajstić information content (AvgIpc) is 2.99. The number of amides is 1. The predicted octanol–water partition coefficient (Wildman–Crippen LogP) is 4.39. The normalized spacial score (nSPS) is 11.1. The third-order valence-electron chi connectivity index (χ3n) is 3.52. The van der Waals surface area contributed by atoms with Gasteiger partial charge in [0.1, 0.15) is 0 Å². The van der Waals surface area contributed by atoms with Gasteiger partial charge in [-0.1, -0.05) is 58.3 Å². The van der Waals surface area contributed by atoms with Crippen molar-refractivity contribution >= 4 is 12.1 Å². The minimum absolute atomic E-state index is 0.000696. The van der Waals surface area contributed by atoms with E-state index in [1.807, 2.05) is 18.3 Å². The van der Waals surface area contributed by atoms with Gasteiger partial charge in [-0.3, -0.25) is 4.79 Å². The van der Waals surface area contributed by atoms with E-state index in [0.29, 0.717) is 6.42 Å². The molecule has 0 unspecified atom stereocenters. The van der Waals surface area contributed by atoms with E-state index in [4.69, 9.17) is 0 Å². The molecule has 0 bridgehead atoms. The molecule has 0 aliphatic rings. The Morgan fingerprint density at radius 2 is 1.81 bits per heavy atom. The van der Waals surface area contributed by atoms with Gasteiger partial charge in [0.2, 0.25) is 5.91 Å². The van der Waals surface area contributed by atoms with E-state index >= 15 is 0 Å². The first kappa shape index (κ1) is 17.5. The van der Waals surface area contributed by atoms with Crippen LogP contribution in [0.3, 0.4) is 0 Å². The smallest absolute Gasteiger partial charge is 0.240 e. The Kier molecular flexibility index (Phi) is 10.1. The largest absolute Gasteiger partial charge is 0.360 e. The quantitative estimate of drug-likeness (QED) is 0.335. The molecule has 0 aliphatic heterocycles. The summed E-state index contributed by atoms with van der Waals surface area (Å²) in [4.78, 5) is 14.5. The SMILES string of the molecule is CCCCCCCCCCCC(=O)N/N=C/c1ccc[nH]1. The molecular weight excluding hydrogens is 262 g/mol. The lowest BCUT2D eigenvalue weighted by atomic mass is 10.1. The molecule has 21 heavy (non-hydrogen) atoms. The van der Waals surface area contributed by atoms with E-state index in [1.54, 1.807) is 6.21 Å². The van der Waals surface area contributed by atoms with Gasteiger partial charge in [-0.2, -0.15) is 5.10 Å². The Morgan fingerprint density at radius 3 is 2.43 bits per heavy atom. The van der Waals surface area contributed by atoms with Gasteiger partial charge in [0.05, 0.1) is 11.9 Å². The van der Waals surface area contributed by atoms with Gasteiger partial charge in [-0.15, -0.1) is 0 Å². The third kappa shape index (κ3) is 9.88. The molecule has 0 aromatic carbocycles. The van der Waals surface area contributed by atoms with Crippen LogP contribution in [0.25, 0.3) is 0 Å². The molecule has 0 aliphatic carbocycles. The Bertz CT molecular complexity index is 385. The summed E-state index contributed by atoms with van der Waals surface area (Å²) in [6.07, 6.45) is 15.4. The summed E-state index contributed by atoms with van der Waals surface area (Å²) < 4.78 is 0. The van der Waals surface area contributed by atoms with Crippen LogP contribution in [0.4, 0.5) is 0 Å². The van der Waals surface area contributed by atoms with E-state index in [9.17, 15) is 4.79 Å². The first-order valence-electron chi connectivity index (χ1n) is 8.28. The second-order valence-corrected chi connectivity index (χ2v) is 5.50. The van der Waals surface area contributed by atoms with Crippen LogP contribution < -0.4 is 5.43 Å². The van der Waals surface area contributed by atoms with Crippen molar-refractivity contribution in [1.29, 1.82) is 0 Å². The molecule has 1 aromatic heterocycles. The number of unbranched alkanes of at least 4 members (excludes halogenated alkanes) is 8. The number of hydrazone groups is 1. The highest BCUT2D eigenvalue weighted by Gasteiger charge is 1.99. The maximum atomic E-state index is 11.5. The van der Waals surface area contributed by atoms with Crippen molar-refractivity contribution < 1.29 is 4.79 Å². The predicted molar refractivity (Wildman–Crippen MR) is 88.4 cm³/mol. The van der Waals surface area contributed by atoms with Crippen LogP contribution in [-0.2, 0) is 4.79 Å². The van der Waals surface area contributed by atoms with Crippen LogP contribution in [0.2, 0.25) is 0 Å². The summed E-state index contributed by atoms with van der Waals surface area (Å²) in [5.41, 5.74) is 3.44. The zero-order chi connectivity index (χ0) is 15.2. The number of aromatic amines is 1. The highest BCUT2D eigenvalue weighted by Crippen LogP contribution is 2.10. The van der Waals surface area contributed by atoms with Gasteiger partial charge in [-0.05, 0) is 18.6 Å². The number of rotatable bonds is 12. The highest BCUT2D eigenvalue weighted by atomic mass is 16.2. The molecule has 0 spiro atoms.